The van der Waals surface area contributed by atoms with Gasteiger partial charge in [-0.25, -0.2) is 0 Å². The maximum Gasteiger partial charge on any atom is 0.223 e. The SMILES string of the molecule is CN1CCC(C(=O)NCCNC(=N)N)CC1. The fourth-order valence-electron chi connectivity index (χ4n) is 1.80. The number of nitrogens with zero attached hydrogens (tertiary/aromatic N) is 1. The van der Waals surface area contributed by atoms with Crippen molar-refractivity contribution in [1.82, 2.24) is 15.5 Å². The van der Waals surface area contributed by atoms with Gasteiger partial charge >= 0.3 is 0 Å². The predicted molar refractivity (Wildman–Crippen MR) is 63.1 cm³/mol. The van der Waals surface area contributed by atoms with Crippen LogP contribution in [0.2, 0.25) is 0 Å². The molecule has 0 aliphatic carbocycles. The summed E-state index contributed by atoms with van der Waals surface area (Å²) >= 11 is 0. The van der Waals surface area contributed by atoms with Crippen molar-refractivity contribution in [2.75, 3.05) is 33.2 Å². The number of nitrogens with two attached hydrogens (primary N) is 1. The summed E-state index contributed by atoms with van der Waals surface area (Å²) < 4.78 is 0. The lowest BCUT2D eigenvalue weighted by atomic mass is 9.96. The van der Waals surface area contributed by atoms with Gasteiger partial charge < -0.3 is 21.3 Å². The molecule has 92 valence electrons. The average molecular weight is 227 g/mol. The molecule has 6 heteroatoms. The van der Waals surface area contributed by atoms with Gasteiger partial charge in [0, 0.05) is 19.0 Å². The van der Waals surface area contributed by atoms with E-state index in [1.54, 1.807) is 0 Å². The molecule has 1 heterocycles. The third-order valence-corrected chi connectivity index (χ3v) is 2.83. The third kappa shape index (κ3) is 4.48. The van der Waals surface area contributed by atoms with Gasteiger partial charge in [-0.1, -0.05) is 0 Å². The van der Waals surface area contributed by atoms with E-state index in [4.69, 9.17) is 11.1 Å². The molecule has 1 aliphatic heterocycles. The van der Waals surface area contributed by atoms with Crippen molar-refractivity contribution in [2.24, 2.45) is 11.7 Å². The highest BCUT2D eigenvalue weighted by Gasteiger charge is 2.22. The van der Waals surface area contributed by atoms with E-state index in [0.717, 1.165) is 25.9 Å². The topological polar surface area (TPSA) is 94.2 Å². The molecule has 0 aromatic carbocycles. The quantitative estimate of drug-likeness (QED) is 0.279. The maximum absolute atomic E-state index is 11.7. The van der Waals surface area contributed by atoms with Gasteiger partial charge in [-0.3, -0.25) is 10.2 Å². The van der Waals surface area contributed by atoms with E-state index in [0.29, 0.717) is 13.1 Å². The Morgan fingerprint density at radius 2 is 1.94 bits per heavy atom. The van der Waals surface area contributed by atoms with Gasteiger partial charge in [0.2, 0.25) is 5.91 Å². The van der Waals surface area contributed by atoms with Crippen LogP contribution in [0.5, 0.6) is 0 Å². The van der Waals surface area contributed by atoms with Crippen molar-refractivity contribution in [3.8, 4) is 0 Å². The number of nitrogens with one attached hydrogen (secondary N) is 3. The first-order chi connectivity index (χ1) is 7.59. The number of rotatable bonds is 4. The molecule has 16 heavy (non-hydrogen) atoms. The van der Waals surface area contributed by atoms with Gasteiger partial charge in [-0.2, -0.15) is 0 Å². The van der Waals surface area contributed by atoms with Gasteiger partial charge in [0.25, 0.3) is 0 Å². The standard InChI is InChI=1S/C10H21N5O/c1-15-6-2-8(3-7-15)9(16)13-4-5-14-10(11)12/h8H,2-7H2,1H3,(H,13,16)(H4,11,12,14). The summed E-state index contributed by atoms with van der Waals surface area (Å²) in [5.41, 5.74) is 5.12. The molecule has 6 nitrogen and oxygen atoms in total. The molecule has 1 saturated heterocycles. The minimum absolute atomic E-state index is 0.0615. The minimum Gasteiger partial charge on any atom is -0.370 e. The van der Waals surface area contributed by atoms with Crippen molar-refractivity contribution < 1.29 is 4.79 Å². The van der Waals surface area contributed by atoms with Crippen LogP contribution in [0.3, 0.4) is 0 Å². The minimum atomic E-state index is -0.0615. The summed E-state index contributed by atoms with van der Waals surface area (Å²) in [4.78, 5) is 13.9. The second-order valence-electron chi connectivity index (χ2n) is 4.21. The molecular weight excluding hydrogens is 206 g/mol. The first-order valence-electron chi connectivity index (χ1n) is 5.63. The Kier molecular flexibility index (Phi) is 5.04. The normalized spacial score (nSPS) is 18.1. The summed E-state index contributed by atoms with van der Waals surface area (Å²) in [6, 6.07) is 0. The smallest absolute Gasteiger partial charge is 0.223 e. The van der Waals surface area contributed by atoms with Crippen molar-refractivity contribution in [1.29, 1.82) is 5.41 Å². The fourth-order valence-corrected chi connectivity index (χ4v) is 1.80. The predicted octanol–water partition coefficient (Wildman–Crippen LogP) is -1.07. The summed E-state index contributed by atoms with van der Waals surface area (Å²) in [5, 5.41) is 12.4. The second kappa shape index (κ2) is 6.32. The zero-order valence-corrected chi connectivity index (χ0v) is 9.75. The van der Waals surface area contributed by atoms with E-state index in [1.165, 1.54) is 0 Å². The Labute approximate surface area is 96.1 Å². The first-order valence-corrected chi connectivity index (χ1v) is 5.63. The Hall–Kier alpha value is -1.30. The molecule has 0 spiro atoms. The monoisotopic (exact) mass is 227 g/mol. The zero-order valence-electron chi connectivity index (χ0n) is 9.75. The zero-order chi connectivity index (χ0) is 12.0. The Morgan fingerprint density at radius 3 is 2.50 bits per heavy atom. The lowest BCUT2D eigenvalue weighted by molar-refractivity contribution is -0.126. The van der Waals surface area contributed by atoms with E-state index >= 15 is 0 Å². The number of piperidine rings is 1. The molecule has 5 N–H and O–H groups in total. The van der Waals surface area contributed by atoms with E-state index in [2.05, 4.69) is 22.6 Å². The Bertz CT molecular complexity index is 248. The fraction of sp³-hybridized carbons (Fsp3) is 0.800. The van der Waals surface area contributed by atoms with Crippen LogP contribution in [0.15, 0.2) is 0 Å². The lowest BCUT2D eigenvalue weighted by Gasteiger charge is -2.28. The first kappa shape index (κ1) is 12.8. The maximum atomic E-state index is 11.7. The van der Waals surface area contributed by atoms with Crippen LogP contribution in [0.1, 0.15) is 12.8 Å². The number of likely N-dealkylation sites (tertiary alicyclic amines) is 1. The lowest BCUT2D eigenvalue weighted by Crippen LogP contribution is -2.42. The highest BCUT2D eigenvalue weighted by atomic mass is 16.1. The number of carbonyl (C=O) groups is 1. The molecular formula is C10H21N5O. The van der Waals surface area contributed by atoms with Gasteiger partial charge in [-0.05, 0) is 33.0 Å². The molecule has 0 atom stereocenters. The number of carbonyl (C=O) groups excluding carboxylic acids is 1. The Morgan fingerprint density at radius 1 is 1.38 bits per heavy atom. The van der Waals surface area contributed by atoms with E-state index in [-0.39, 0.29) is 17.8 Å². The van der Waals surface area contributed by atoms with Gasteiger partial charge in [-0.15, -0.1) is 0 Å². The van der Waals surface area contributed by atoms with Crippen LogP contribution in [-0.4, -0.2) is 50.0 Å². The Balaban J connectivity index is 2.12. The highest BCUT2D eigenvalue weighted by Crippen LogP contribution is 2.15. The summed E-state index contributed by atoms with van der Waals surface area (Å²) in [6.07, 6.45) is 1.87. The summed E-state index contributed by atoms with van der Waals surface area (Å²) in [5.74, 6) is 0.209. The molecule has 1 amide bonds. The number of guanidine groups is 1. The van der Waals surface area contributed by atoms with Crippen molar-refractivity contribution >= 4 is 11.9 Å². The van der Waals surface area contributed by atoms with Crippen LogP contribution >= 0.6 is 0 Å². The van der Waals surface area contributed by atoms with E-state index < -0.39 is 0 Å². The van der Waals surface area contributed by atoms with Gasteiger partial charge in [0.1, 0.15) is 0 Å². The average Bonchev–Trinajstić information content (AvgIpc) is 2.25. The molecule has 1 fully saturated rings. The molecule has 1 aliphatic rings. The van der Waals surface area contributed by atoms with Crippen LogP contribution in [-0.2, 0) is 4.79 Å². The summed E-state index contributed by atoms with van der Waals surface area (Å²) in [7, 11) is 2.07. The van der Waals surface area contributed by atoms with Gasteiger partial charge in [0.05, 0.1) is 0 Å². The largest absolute Gasteiger partial charge is 0.370 e. The van der Waals surface area contributed by atoms with Crippen LogP contribution in [0.4, 0.5) is 0 Å². The molecule has 0 bridgehead atoms. The van der Waals surface area contributed by atoms with Crippen LogP contribution in [0, 0.1) is 11.3 Å². The highest BCUT2D eigenvalue weighted by molar-refractivity contribution is 5.79. The van der Waals surface area contributed by atoms with Crippen LogP contribution < -0.4 is 16.4 Å². The van der Waals surface area contributed by atoms with Crippen molar-refractivity contribution in [3.05, 3.63) is 0 Å². The van der Waals surface area contributed by atoms with Crippen LogP contribution in [0.25, 0.3) is 0 Å². The number of amides is 1. The third-order valence-electron chi connectivity index (χ3n) is 2.83. The van der Waals surface area contributed by atoms with E-state index in [1.807, 2.05) is 0 Å². The molecule has 0 unspecified atom stereocenters. The number of hydrogen-bond donors (Lipinski definition) is 4. The van der Waals surface area contributed by atoms with E-state index in [9.17, 15) is 4.79 Å². The molecule has 0 radical (unpaired) electrons. The molecule has 0 saturated carbocycles. The molecule has 0 aromatic rings. The second-order valence-corrected chi connectivity index (χ2v) is 4.21. The van der Waals surface area contributed by atoms with Gasteiger partial charge in [0.15, 0.2) is 5.96 Å². The van der Waals surface area contributed by atoms with Crippen molar-refractivity contribution in [3.63, 3.8) is 0 Å². The van der Waals surface area contributed by atoms with Crippen molar-refractivity contribution in [2.45, 2.75) is 12.8 Å². The molecule has 0 aromatic heterocycles. The molecule has 1 rings (SSSR count). The summed E-state index contributed by atoms with van der Waals surface area (Å²) in [6.45, 7) is 3.01. The number of hydrogen-bond acceptors (Lipinski definition) is 3.